The van der Waals surface area contributed by atoms with E-state index in [1.807, 2.05) is 6.07 Å². The summed E-state index contributed by atoms with van der Waals surface area (Å²) < 4.78 is 37.0. The fourth-order valence-corrected chi connectivity index (χ4v) is 3.03. The summed E-state index contributed by atoms with van der Waals surface area (Å²) in [5.41, 5.74) is 0.524. The summed E-state index contributed by atoms with van der Waals surface area (Å²) in [4.78, 5) is 0. The van der Waals surface area contributed by atoms with Gasteiger partial charge in [-0.15, -0.1) is 0 Å². The van der Waals surface area contributed by atoms with Gasteiger partial charge in [-0.2, -0.15) is 13.2 Å². The van der Waals surface area contributed by atoms with Crippen LogP contribution in [0.2, 0.25) is 10.0 Å². The summed E-state index contributed by atoms with van der Waals surface area (Å²) in [7, 11) is 0. The number of piperidine rings is 1. The van der Waals surface area contributed by atoms with Gasteiger partial charge in [-0.1, -0.05) is 29.3 Å². The summed E-state index contributed by atoms with van der Waals surface area (Å²) in [6.45, 7) is 0.756. The Morgan fingerprint density at radius 2 is 2.00 bits per heavy atom. The van der Waals surface area contributed by atoms with Crippen molar-refractivity contribution in [3.8, 4) is 0 Å². The van der Waals surface area contributed by atoms with E-state index < -0.39 is 18.1 Å². The lowest BCUT2D eigenvalue weighted by atomic mass is 9.74. The third-order valence-electron chi connectivity index (χ3n) is 3.79. The maximum Gasteiger partial charge on any atom is 0.401 e. The Balaban J connectivity index is 2.18. The van der Waals surface area contributed by atoms with E-state index in [-0.39, 0.29) is 6.54 Å². The first-order chi connectivity index (χ1) is 9.82. The first-order valence-corrected chi connectivity index (χ1v) is 7.52. The van der Waals surface area contributed by atoms with Gasteiger partial charge in [-0.3, -0.25) is 0 Å². The molecule has 0 aromatic heterocycles. The molecule has 0 bridgehead atoms. The van der Waals surface area contributed by atoms with Crippen LogP contribution in [0.3, 0.4) is 0 Å². The number of hydrogen-bond donors (Lipinski definition) is 2. The second-order valence-corrected chi connectivity index (χ2v) is 6.22. The highest BCUT2D eigenvalue weighted by Gasteiger charge is 2.35. The number of rotatable bonds is 4. The van der Waals surface area contributed by atoms with Gasteiger partial charge in [0.15, 0.2) is 0 Å². The highest BCUT2D eigenvalue weighted by atomic mass is 35.5. The molecule has 118 valence electrons. The number of benzene rings is 1. The molecule has 0 amide bonds. The smallest absolute Gasteiger partial charge is 0.316 e. The van der Waals surface area contributed by atoms with Crippen LogP contribution in [0.5, 0.6) is 0 Å². The van der Waals surface area contributed by atoms with Crippen molar-refractivity contribution in [2.45, 2.75) is 24.4 Å². The lowest BCUT2D eigenvalue weighted by Crippen LogP contribution is -2.50. The van der Waals surface area contributed by atoms with E-state index in [9.17, 15) is 13.2 Å². The molecule has 0 saturated carbocycles. The van der Waals surface area contributed by atoms with Crippen LogP contribution in [0.4, 0.5) is 13.2 Å². The van der Waals surface area contributed by atoms with Crippen LogP contribution in [0.15, 0.2) is 18.2 Å². The molecule has 1 heterocycles. The molecule has 0 spiro atoms. The monoisotopic (exact) mass is 340 g/mol. The molecule has 1 atom stereocenters. The van der Waals surface area contributed by atoms with E-state index in [2.05, 4.69) is 10.6 Å². The van der Waals surface area contributed by atoms with Gasteiger partial charge >= 0.3 is 6.18 Å². The molecule has 1 aromatic rings. The van der Waals surface area contributed by atoms with Gasteiger partial charge in [0.2, 0.25) is 0 Å². The van der Waals surface area contributed by atoms with Crippen molar-refractivity contribution in [1.29, 1.82) is 0 Å². The third-order valence-corrected chi connectivity index (χ3v) is 4.53. The van der Waals surface area contributed by atoms with Crippen molar-refractivity contribution < 1.29 is 13.2 Å². The summed E-state index contributed by atoms with van der Waals surface area (Å²) in [6.07, 6.45) is -2.49. The Hall–Kier alpha value is -0.490. The second kappa shape index (κ2) is 6.73. The first-order valence-electron chi connectivity index (χ1n) is 6.76. The average Bonchev–Trinajstić information content (AvgIpc) is 2.41. The Kier molecular flexibility index (Phi) is 5.41. The van der Waals surface area contributed by atoms with Crippen LogP contribution >= 0.6 is 23.2 Å². The number of hydrogen-bond acceptors (Lipinski definition) is 2. The van der Waals surface area contributed by atoms with Crippen molar-refractivity contribution in [3.05, 3.63) is 33.8 Å². The van der Waals surface area contributed by atoms with E-state index in [1.54, 1.807) is 12.1 Å². The minimum Gasteiger partial charge on any atom is -0.316 e. The maximum absolute atomic E-state index is 12.3. The standard InChI is InChI=1S/C14H17Cl2F3N2/c15-11-3-2-10(6-12(11)16)13(4-1-5-20-7-13)8-21-9-14(17,18)19/h2-3,6,20-21H,1,4-5,7-9H2/t13-/m0/s1. The van der Waals surface area contributed by atoms with Crippen LogP contribution < -0.4 is 10.6 Å². The molecular weight excluding hydrogens is 324 g/mol. The van der Waals surface area contributed by atoms with Gasteiger partial charge in [0.05, 0.1) is 16.6 Å². The van der Waals surface area contributed by atoms with E-state index in [4.69, 9.17) is 23.2 Å². The molecule has 21 heavy (non-hydrogen) atoms. The summed E-state index contributed by atoms with van der Waals surface area (Å²) >= 11 is 12.0. The largest absolute Gasteiger partial charge is 0.401 e. The van der Waals surface area contributed by atoms with Crippen molar-refractivity contribution in [1.82, 2.24) is 10.6 Å². The Bertz CT molecular complexity index is 486. The van der Waals surface area contributed by atoms with Gasteiger partial charge in [0.25, 0.3) is 0 Å². The Labute approximate surface area is 132 Å². The predicted octanol–water partition coefficient (Wildman–Crippen LogP) is 3.77. The Morgan fingerprint density at radius 1 is 1.24 bits per heavy atom. The Morgan fingerprint density at radius 3 is 2.57 bits per heavy atom. The third kappa shape index (κ3) is 4.49. The van der Waals surface area contributed by atoms with Crippen LogP contribution in [-0.4, -0.2) is 32.4 Å². The normalized spacial score (nSPS) is 23.3. The van der Waals surface area contributed by atoms with E-state index in [0.29, 0.717) is 16.6 Å². The molecule has 1 aliphatic heterocycles. The SMILES string of the molecule is FC(F)(F)CNC[C@]1(c2ccc(Cl)c(Cl)c2)CCCNC1. The molecule has 7 heteroatoms. The summed E-state index contributed by atoms with van der Waals surface area (Å²) in [6, 6.07) is 5.29. The zero-order valence-corrected chi connectivity index (χ0v) is 12.9. The van der Waals surface area contributed by atoms with Gasteiger partial charge in [-0.25, -0.2) is 0 Å². The highest BCUT2D eigenvalue weighted by molar-refractivity contribution is 6.42. The van der Waals surface area contributed by atoms with E-state index in [0.717, 1.165) is 24.9 Å². The van der Waals surface area contributed by atoms with Crippen LogP contribution in [-0.2, 0) is 5.41 Å². The first kappa shape index (κ1) is 16.9. The predicted molar refractivity (Wildman–Crippen MR) is 79.2 cm³/mol. The minimum absolute atomic E-state index is 0.247. The van der Waals surface area contributed by atoms with Crippen LogP contribution in [0, 0.1) is 0 Å². The zero-order chi connectivity index (χ0) is 15.5. The summed E-state index contributed by atoms with van der Waals surface area (Å²) in [5, 5.41) is 6.66. The lowest BCUT2D eigenvalue weighted by Gasteiger charge is -2.39. The van der Waals surface area contributed by atoms with Crippen LogP contribution in [0.1, 0.15) is 18.4 Å². The van der Waals surface area contributed by atoms with Gasteiger partial charge < -0.3 is 10.6 Å². The van der Waals surface area contributed by atoms with Crippen molar-refractivity contribution in [2.75, 3.05) is 26.2 Å². The van der Waals surface area contributed by atoms with Gasteiger partial charge in [-0.05, 0) is 37.1 Å². The fraction of sp³-hybridized carbons (Fsp3) is 0.571. The van der Waals surface area contributed by atoms with E-state index >= 15 is 0 Å². The fourth-order valence-electron chi connectivity index (χ4n) is 2.74. The number of halogens is 5. The van der Waals surface area contributed by atoms with Crippen molar-refractivity contribution in [2.24, 2.45) is 0 Å². The molecular formula is C14H17Cl2F3N2. The van der Waals surface area contributed by atoms with Crippen molar-refractivity contribution >= 4 is 23.2 Å². The lowest BCUT2D eigenvalue weighted by molar-refractivity contribution is -0.125. The minimum atomic E-state index is -4.21. The van der Waals surface area contributed by atoms with Gasteiger partial charge in [0.1, 0.15) is 0 Å². The zero-order valence-electron chi connectivity index (χ0n) is 11.4. The molecule has 2 N–H and O–H groups in total. The molecule has 0 aliphatic carbocycles. The quantitative estimate of drug-likeness (QED) is 0.871. The molecule has 2 rings (SSSR count). The molecule has 0 unspecified atom stereocenters. The van der Waals surface area contributed by atoms with Gasteiger partial charge in [0, 0.05) is 18.5 Å². The number of nitrogens with one attached hydrogen (secondary N) is 2. The highest BCUT2D eigenvalue weighted by Crippen LogP contribution is 2.34. The topological polar surface area (TPSA) is 24.1 Å². The molecule has 2 nitrogen and oxygen atoms in total. The molecule has 0 radical (unpaired) electrons. The summed E-state index contributed by atoms with van der Waals surface area (Å²) in [5.74, 6) is 0. The number of alkyl halides is 3. The molecule has 1 aromatic carbocycles. The van der Waals surface area contributed by atoms with E-state index in [1.165, 1.54) is 0 Å². The molecule has 1 aliphatic rings. The van der Waals surface area contributed by atoms with Crippen molar-refractivity contribution in [3.63, 3.8) is 0 Å². The second-order valence-electron chi connectivity index (χ2n) is 5.41. The average molecular weight is 341 g/mol. The molecule has 1 fully saturated rings. The molecule has 1 saturated heterocycles. The van der Waals surface area contributed by atoms with Crippen LogP contribution in [0.25, 0.3) is 0 Å². The maximum atomic E-state index is 12.3.